The highest BCUT2D eigenvalue weighted by Gasteiger charge is 2.10. The van der Waals surface area contributed by atoms with Crippen molar-refractivity contribution in [2.75, 3.05) is 5.32 Å². The minimum absolute atomic E-state index is 0.0665. The molecule has 2 aromatic rings. The molecule has 20 heavy (non-hydrogen) atoms. The van der Waals surface area contributed by atoms with Crippen molar-refractivity contribution in [2.45, 2.75) is 19.3 Å². The average molecular weight is 291 g/mol. The normalized spacial score (nSPS) is 10.2. The van der Waals surface area contributed by atoms with Gasteiger partial charge < -0.3 is 10.4 Å². The molecule has 0 aliphatic carbocycles. The quantitative estimate of drug-likeness (QED) is 0.848. The van der Waals surface area contributed by atoms with Gasteiger partial charge in [0.05, 0.1) is 6.42 Å². The van der Waals surface area contributed by atoms with Gasteiger partial charge in [0.25, 0.3) is 0 Å². The molecule has 1 aromatic heterocycles. The van der Waals surface area contributed by atoms with Crippen LogP contribution in [0.1, 0.15) is 23.4 Å². The molecule has 0 aliphatic heterocycles. The van der Waals surface area contributed by atoms with Gasteiger partial charge in [0, 0.05) is 12.8 Å². The number of carboxylic acid groups (broad SMARTS) is 1. The minimum atomic E-state index is -0.998. The van der Waals surface area contributed by atoms with Gasteiger partial charge in [-0.2, -0.15) is 0 Å². The predicted octanol–water partition coefficient (Wildman–Crippen LogP) is 1.93. The number of hydrogen-bond donors (Lipinski definition) is 2. The average Bonchev–Trinajstić information content (AvgIpc) is 2.85. The van der Waals surface area contributed by atoms with Crippen LogP contribution in [0.3, 0.4) is 0 Å². The van der Waals surface area contributed by atoms with Crippen LogP contribution in [-0.2, 0) is 16.0 Å². The van der Waals surface area contributed by atoms with Gasteiger partial charge in [-0.05, 0) is 5.56 Å². The molecule has 7 heteroatoms. The number of nitrogens with one attached hydrogen (secondary N) is 1. The number of rotatable bonds is 6. The maximum Gasteiger partial charge on any atom is 0.303 e. The van der Waals surface area contributed by atoms with Crippen LogP contribution in [0.4, 0.5) is 5.13 Å². The number of benzene rings is 1. The van der Waals surface area contributed by atoms with E-state index in [1.54, 1.807) is 0 Å². The zero-order valence-corrected chi connectivity index (χ0v) is 11.4. The fourth-order valence-electron chi connectivity index (χ4n) is 1.55. The zero-order chi connectivity index (χ0) is 14.4. The van der Waals surface area contributed by atoms with Crippen LogP contribution < -0.4 is 5.32 Å². The second-order valence-corrected chi connectivity index (χ2v) is 5.17. The van der Waals surface area contributed by atoms with Crippen LogP contribution in [-0.4, -0.2) is 27.2 Å². The molecule has 0 fully saturated rings. The van der Waals surface area contributed by atoms with Gasteiger partial charge in [0.1, 0.15) is 5.01 Å². The van der Waals surface area contributed by atoms with E-state index >= 15 is 0 Å². The Balaban J connectivity index is 1.89. The van der Waals surface area contributed by atoms with Gasteiger partial charge in [-0.15, -0.1) is 10.2 Å². The summed E-state index contributed by atoms with van der Waals surface area (Å²) >= 11 is 1.29. The van der Waals surface area contributed by atoms with Crippen molar-refractivity contribution in [3.63, 3.8) is 0 Å². The Bertz CT molecular complexity index is 598. The van der Waals surface area contributed by atoms with Crippen LogP contribution >= 0.6 is 11.3 Å². The predicted molar refractivity (Wildman–Crippen MR) is 74.7 cm³/mol. The van der Waals surface area contributed by atoms with Gasteiger partial charge in [0.15, 0.2) is 0 Å². The van der Waals surface area contributed by atoms with Crippen molar-refractivity contribution in [1.29, 1.82) is 0 Å². The SMILES string of the molecule is O=C(O)CCC(=O)Nc1nnc(Cc2ccccc2)s1. The largest absolute Gasteiger partial charge is 0.481 e. The highest BCUT2D eigenvalue weighted by atomic mass is 32.1. The van der Waals surface area contributed by atoms with Gasteiger partial charge >= 0.3 is 5.97 Å². The topological polar surface area (TPSA) is 92.2 Å². The number of aromatic nitrogens is 2. The molecule has 0 saturated carbocycles. The van der Waals surface area contributed by atoms with E-state index in [1.807, 2.05) is 30.3 Å². The van der Waals surface area contributed by atoms with Crippen molar-refractivity contribution < 1.29 is 14.7 Å². The lowest BCUT2D eigenvalue weighted by molar-refractivity contribution is -0.138. The van der Waals surface area contributed by atoms with Crippen LogP contribution in [0.25, 0.3) is 0 Å². The molecular weight excluding hydrogens is 278 g/mol. The monoisotopic (exact) mass is 291 g/mol. The zero-order valence-electron chi connectivity index (χ0n) is 10.6. The molecule has 1 heterocycles. The summed E-state index contributed by atoms with van der Waals surface area (Å²) in [6, 6.07) is 9.83. The smallest absolute Gasteiger partial charge is 0.303 e. The number of aliphatic carboxylic acids is 1. The van der Waals surface area contributed by atoms with Gasteiger partial charge in [-0.25, -0.2) is 0 Å². The lowest BCUT2D eigenvalue weighted by Gasteiger charge is -1.98. The van der Waals surface area contributed by atoms with Crippen molar-refractivity contribution in [3.8, 4) is 0 Å². The molecule has 104 valence electrons. The number of carbonyl (C=O) groups is 2. The number of anilines is 1. The van der Waals surface area contributed by atoms with Gasteiger partial charge in [0.2, 0.25) is 11.0 Å². The van der Waals surface area contributed by atoms with E-state index in [2.05, 4.69) is 15.5 Å². The molecule has 0 spiro atoms. The molecule has 2 rings (SSSR count). The second-order valence-electron chi connectivity index (χ2n) is 4.11. The third-order valence-electron chi connectivity index (χ3n) is 2.48. The summed E-state index contributed by atoms with van der Waals surface area (Å²) < 4.78 is 0. The minimum Gasteiger partial charge on any atom is -0.481 e. The van der Waals surface area contributed by atoms with Gasteiger partial charge in [-0.3, -0.25) is 9.59 Å². The fourth-order valence-corrected chi connectivity index (χ4v) is 2.34. The van der Waals surface area contributed by atoms with Crippen molar-refractivity contribution in [2.24, 2.45) is 0 Å². The standard InChI is InChI=1S/C13H13N3O3S/c17-10(6-7-12(18)19)14-13-16-15-11(20-13)8-9-4-2-1-3-5-9/h1-5H,6-8H2,(H,18,19)(H,14,16,17). The first-order valence-corrected chi connectivity index (χ1v) is 6.83. The molecule has 0 unspecified atom stereocenters. The Morgan fingerprint density at radius 1 is 1.15 bits per heavy atom. The Kier molecular flexibility index (Phi) is 4.78. The van der Waals surface area contributed by atoms with Crippen LogP contribution in [0, 0.1) is 0 Å². The molecule has 0 radical (unpaired) electrons. The fraction of sp³-hybridized carbons (Fsp3) is 0.231. The maximum atomic E-state index is 11.4. The molecule has 0 atom stereocenters. The van der Waals surface area contributed by atoms with Crippen molar-refractivity contribution in [3.05, 3.63) is 40.9 Å². The summed E-state index contributed by atoms with van der Waals surface area (Å²) in [7, 11) is 0. The Hall–Kier alpha value is -2.28. The highest BCUT2D eigenvalue weighted by molar-refractivity contribution is 7.15. The summed E-state index contributed by atoms with van der Waals surface area (Å²) in [5.74, 6) is -1.36. The van der Waals surface area contributed by atoms with Crippen LogP contribution in [0.5, 0.6) is 0 Å². The van der Waals surface area contributed by atoms with Crippen molar-refractivity contribution >= 4 is 28.3 Å². The molecule has 1 amide bonds. The van der Waals surface area contributed by atoms with E-state index < -0.39 is 5.97 Å². The summed E-state index contributed by atoms with van der Waals surface area (Å²) in [4.78, 5) is 21.8. The summed E-state index contributed by atoms with van der Waals surface area (Å²) in [5.41, 5.74) is 1.12. The Labute approximate surface area is 119 Å². The summed E-state index contributed by atoms with van der Waals surface area (Å²) in [6.07, 6.45) is 0.397. The van der Waals surface area contributed by atoms with E-state index in [-0.39, 0.29) is 18.7 Å². The van der Waals surface area contributed by atoms with E-state index in [0.717, 1.165) is 10.6 Å². The van der Waals surface area contributed by atoms with E-state index in [9.17, 15) is 9.59 Å². The number of hydrogen-bond acceptors (Lipinski definition) is 5. The molecule has 0 aliphatic rings. The van der Waals surface area contributed by atoms with E-state index in [1.165, 1.54) is 11.3 Å². The number of carbonyl (C=O) groups excluding carboxylic acids is 1. The molecule has 0 saturated heterocycles. The Morgan fingerprint density at radius 2 is 1.90 bits per heavy atom. The molecule has 0 bridgehead atoms. The molecule has 1 aromatic carbocycles. The van der Waals surface area contributed by atoms with E-state index in [4.69, 9.17) is 5.11 Å². The van der Waals surface area contributed by atoms with Gasteiger partial charge in [-0.1, -0.05) is 41.7 Å². The van der Waals surface area contributed by atoms with Crippen LogP contribution in [0.15, 0.2) is 30.3 Å². The lowest BCUT2D eigenvalue weighted by Crippen LogP contribution is -2.12. The summed E-state index contributed by atoms with van der Waals surface area (Å²) in [6.45, 7) is 0. The number of amides is 1. The highest BCUT2D eigenvalue weighted by Crippen LogP contribution is 2.18. The van der Waals surface area contributed by atoms with E-state index in [0.29, 0.717) is 11.6 Å². The first-order valence-electron chi connectivity index (χ1n) is 6.01. The lowest BCUT2D eigenvalue weighted by atomic mass is 10.2. The molecular formula is C13H13N3O3S. The van der Waals surface area contributed by atoms with Crippen LogP contribution in [0.2, 0.25) is 0 Å². The number of carboxylic acids is 1. The second kappa shape index (κ2) is 6.76. The first kappa shape index (κ1) is 14.1. The maximum absolute atomic E-state index is 11.4. The third-order valence-corrected chi connectivity index (χ3v) is 3.32. The molecule has 6 nitrogen and oxygen atoms in total. The Morgan fingerprint density at radius 3 is 2.60 bits per heavy atom. The molecule has 2 N–H and O–H groups in total. The first-order chi connectivity index (χ1) is 9.63. The van der Waals surface area contributed by atoms with Crippen molar-refractivity contribution in [1.82, 2.24) is 10.2 Å². The third kappa shape index (κ3) is 4.43. The number of nitrogens with zero attached hydrogens (tertiary/aromatic N) is 2. The summed E-state index contributed by atoms with van der Waals surface area (Å²) in [5, 5.41) is 20.1.